The predicted molar refractivity (Wildman–Crippen MR) is 124 cm³/mol. The number of hydrogen-bond donors (Lipinski definition) is 3. The third-order valence-electron chi connectivity index (χ3n) is 6.45. The number of nitrogens with zero attached hydrogens (tertiary/aromatic N) is 2. The van der Waals surface area contributed by atoms with Crippen molar-refractivity contribution in [3.8, 4) is 11.1 Å². The number of benzene rings is 2. The van der Waals surface area contributed by atoms with Gasteiger partial charge in [-0.1, -0.05) is 48.5 Å². The summed E-state index contributed by atoms with van der Waals surface area (Å²) in [5, 5.41) is 18.5. The van der Waals surface area contributed by atoms with Gasteiger partial charge in [-0.3, -0.25) is 19.6 Å². The molecular formula is C25H24N4O5. The molecule has 9 heteroatoms. The number of hydrogen-bond acceptors (Lipinski definition) is 5. The van der Waals surface area contributed by atoms with E-state index < -0.39 is 23.9 Å². The third kappa shape index (κ3) is 4.00. The smallest absolute Gasteiger partial charge is 0.411 e. The first-order valence-electron chi connectivity index (χ1n) is 11.1. The van der Waals surface area contributed by atoms with Crippen molar-refractivity contribution >= 4 is 23.7 Å². The molecule has 2 aromatic carbocycles. The maximum Gasteiger partial charge on any atom is 0.411 e. The Balaban J connectivity index is 1.23. The number of fused-ring (bicyclic) bond motifs is 3. The zero-order valence-electron chi connectivity index (χ0n) is 18.5. The van der Waals surface area contributed by atoms with Crippen molar-refractivity contribution < 1.29 is 24.2 Å². The lowest BCUT2D eigenvalue weighted by atomic mass is 9.80. The van der Waals surface area contributed by atoms with Crippen LogP contribution in [0.3, 0.4) is 0 Å². The van der Waals surface area contributed by atoms with E-state index in [-0.39, 0.29) is 29.9 Å². The number of aryl methyl sites for hydroxylation is 1. The average Bonchev–Trinajstić information content (AvgIpc) is 3.31. The second kappa shape index (κ2) is 8.66. The van der Waals surface area contributed by atoms with Gasteiger partial charge in [-0.05, 0) is 35.1 Å². The molecule has 0 unspecified atom stereocenters. The maximum absolute atomic E-state index is 12.7. The van der Waals surface area contributed by atoms with Gasteiger partial charge in [0, 0.05) is 25.2 Å². The monoisotopic (exact) mass is 460 g/mol. The number of carboxylic acids is 1. The molecule has 2 aliphatic rings. The van der Waals surface area contributed by atoms with Crippen LogP contribution in [-0.2, 0) is 16.6 Å². The van der Waals surface area contributed by atoms with E-state index in [2.05, 4.69) is 27.9 Å². The van der Waals surface area contributed by atoms with Gasteiger partial charge < -0.3 is 15.2 Å². The molecule has 1 fully saturated rings. The van der Waals surface area contributed by atoms with Gasteiger partial charge in [0.15, 0.2) is 5.69 Å². The van der Waals surface area contributed by atoms with Crippen molar-refractivity contribution in [1.82, 2.24) is 15.1 Å². The van der Waals surface area contributed by atoms with Crippen LogP contribution in [0, 0.1) is 5.92 Å². The maximum atomic E-state index is 12.7. The van der Waals surface area contributed by atoms with Crippen molar-refractivity contribution in [2.24, 2.45) is 13.0 Å². The van der Waals surface area contributed by atoms with Crippen LogP contribution in [-0.4, -0.2) is 45.5 Å². The molecule has 9 nitrogen and oxygen atoms in total. The Labute approximate surface area is 195 Å². The largest absolute Gasteiger partial charge is 0.481 e. The summed E-state index contributed by atoms with van der Waals surface area (Å²) in [6, 6.07) is 15.9. The summed E-state index contributed by atoms with van der Waals surface area (Å²) >= 11 is 0. The molecule has 3 N–H and O–H groups in total. The van der Waals surface area contributed by atoms with E-state index in [1.54, 1.807) is 7.05 Å². The zero-order chi connectivity index (χ0) is 23.8. The van der Waals surface area contributed by atoms with Gasteiger partial charge in [0.2, 0.25) is 0 Å². The molecule has 0 atom stereocenters. The van der Waals surface area contributed by atoms with Crippen LogP contribution >= 0.6 is 0 Å². The minimum atomic E-state index is -0.860. The lowest BCUT2D eigenvalue weighted by Gasteiger charge is -2.32. The Morgan fingerprint density at radius 2 is 1.68 bits per heavy atom. The molecule has 1 aromatic heterocycles. The number of carboxylic acid groups (broad SMARTS) is 1. The van der Waals surface area contributed by atoms with Crippen LogP contribution in [0.4, 0.5) is 10.5 Å². The van der Waals surface area contributed by atoms with Crippen molar-refractivity contribution in [3.63, 3.8) is 0 Å². The summed E-state index contributed by atoms with van der Waals surface area (Å²) in [7, 11) is 1.64. The molecule has 2 aliphatic carbocycles. The van der Waals surface area contributed by atoms with Gasteiger partial charge in [0.1, 0.15) is 6.61 Å². The highest BCUT2D eigenvalue weighted by Gasteiger charge is 2.36. The normalized spacial score (nSPS) is 18.4. The molecule has 0 aliphatic heterocycles. The molecule has 5 rings (SSSR count). The molecule has 0 saturated heterocycles. The van der Waals surface area contributed by atoms with Gasteiger partial charge in [0.25, 0.3) is 5.91 Å². The summed E-state index contributed by atoms with van der Waals surface area (Å²) in [5.74, 6) is -1.84. The highest BCUT2D eigenvalue weighted by Crippen LogP contribution is 2.44. The Morgan fingerprint density at radius 1 is 1.06 bits per heavy atom. The Bertz CT molecular complexity index is 1230. The van der Waals surface area contributed by atoms with Gasteiger partial charge in [-0.2, -0.15) is 5.10 Å². The first-order valence-corrected chi connectivity index (χ1v) is 11.1. The Hall–Kier alpha value is -4.14. The van der Waals surface area contributed by atoms with Crippen molar-refractivity contribution in [2.75, 3.05) is 11.9 Å². The molecule has 1 heterocycles. The highest BCUT2D eigenvalue weighted by molar-refractivity contribution is 6.01. The molecule has 34 heavy (non-hydrogen) atoms. The van der Waals surface area contributed by atoms with Crippen LogP contribution in [0.25, 0.3) is 11.1 Å². The van der Waals surface area contributed by atoms with E-state index in [4.69, 9.17) is 9.84 Å². The number of anilines is 1. The molecular weight excluding hydrogens is 436 g/mol. The number of aliphatic carboxylic acids is 1. The van der Waals surface area contributed by atoms with Gasteiger partial charge in [-0.25, -0.2) is 4.79 Å². The van der Waals surface area contributed by atoms with Crippen LogP contribution in [0.5, 0.6) is 0 Å². The van der Waals surface area contributed by atoms with E-state index in [1.165, 1.54) is 10.9 Å². The number of nitrogens with one attached hydrogen (secondary N) is 2. The second-order valence-corrected chi connectivity index (χ2v) is 8.69. The SMILES string of the molecule is Cn1cc(NC(=O)OCC2c3ccccc3-c3ccccc32)c(C(=O)NC2CC(C(=O)O)C2)n1. The fourth-order valence-corrected chi connectivity index (χ4v) is 4.68. The molecule has 0 bridgehead atoms. The number of carbonyl (C=O) groups excluding carboxylic acids is 2. The topological polar surface area (TPSA) is 123 Å². The van der Waals surface area contributed by atoms with Crippen molar-refractivity contribution in [2.45, 2.75) is 24.8 Å². The summed E-state index contributed by atoms with van der Waals surface area (Å²) in [6.45, 7) is 0.153. The van der Waals surface area contributed by atoms with E-state index >= 15 is 0 Å². The summed E-state index contributed by atoms with van der Waals surface area (Å²) in [6.07, 6.45) is 1.60. The van der Waals surface area contributed by atoms with Crippen molar-refractivity contribution in [3.05, 3.63) is 71.5 Å². The van der Waals surface area contributed by atoms with Crippen LogP contribution in [0.1, 0.15) is 40.4 Å². The Kier molecular flexibility index (Phi) is 5.53. The van der Waals surface area contributed by atoms with E-state index in [0.29, 0.717) is 12.8 Å². The highest BCUT2D eigenvalue weighted by atomic mass is 16.5. The van der Waals surface area contributed by atoms with Crippen LogP contribution in [0.15, 0.2) is 54.7 Å². The summed E-state index contributed by atoms with van der Waals surface area (Å²) < 4.78 is 6.98. The fraction of sp³-hybridized carbons (Fsp3) is 0.280. The molecule has 1 saturated carbocycles. The first-order chi connectivity index (χ1) is 16.4. The standard InChI is InChI=1S/C25H24N4O5/c1-29-12-21(22(28-29)23(30)26-15-10-14(11-15)24(31)32)27-25(33)34-13-20-18-8-4-2-6-16(18)17-7-3-5-9-19(17)20/h2-9,12,14-15,20H,10-11,13H2,1H3,(H,26,30)(H,27,33)(H,31,32). The number of amides is 2. The molecule has 0 spiro atoms. The second-order valence-electron chi connectivity index (χ2n) is 8.69. The van der Waals surface area contributed by atoms with E-state index in [0.717, 1.165) is 22.3 Å². The minimum absolute atomic E-state index is 0.0507. The Morgan fingerprint density at radius 3 is 2.29 bits per heavy atom. The number of rotatable bonds is 6. The number of ether oxygens (including phenoxy) is 1. The first kappa shape index (κ1) is 21.7. The lowest BCUT2D eigenvalue weighted by molar-refractivity contribution is -0.145. The molecule has 174 valence electrons. The predicted octanol–water partition coefficient (Wildman–Crippen LogP) is 3.37. The molecule has 0 radical (unpaired) electrons. The van der Waals surface area contributed by atoms with Gasteiger partial charge in [0.05, 0.1) is 11.6 Å². The quantitative estimate of drug-likeness (QED) is 0.518. The average molecular weight is 460 g/mol. The third-order valence-corrected chi connectivity index (χ3v) is 6.45. The van der Waals surface area contributed by atoms with Crippen LogP contribution in [0.2, 0.25) is 0 Å². The van der Waals surface area contributed by atoms with Crippen molar-refractivity contribution in [1.29, 1.82) is 0 Å². The lowest BCUT2D eigenvalue weighted by Crippen LogP contribution is -2.46. The molecule has 3 aromatic rings. The van der Waals surface area contributed by atoms with Crippen LogP contribution < -0.4 is 10.6 Å². The van der Waals surface area contributed by atoms with Gasteiger partial charge >= 0.3 is 12.1 Å². The van der Waals surface area contributed by atoms with E-state index in [1.807, 2.05) is 36.4 Å². The number of carbonyl (C=O) groups is 3. The minimum Gasteiger partial charge on any atom is -0.481 e. The zero-order valence-corrected chi connectivity index (χ0v) is 18.5. The summed E-state index contributed by atoms with van der Waals surface area (Å²) in [5.41, 5.74) is 4.77. The fourth-order valence-electron chi connectivity index (χ4n) is 4.68. The molecule has 2 amide bonds. The van der Waals surface area contributed by atoms with E-state index in [9.17, 15) is 14.4 Å². The van der Waals surface area contributed by atoms with Gasteiger partial charge in [-0.15, -0.1) is 0 Å². The number of aromatic nitrogens is 2. The summed E-state index contributed by atoms with van der Waals surface area (Å²) in [4.78, 5) is 36.2.